The number of ether oxygens (including phenoxy) is 2. The van der Waals surface area contributed by atoms with Crippen molar-refractivity contribution in [3.8, 4) is 0 Å². The standard InChI is InChI=1S/C12H23NO3.BrH/c1-10(2)11(14)16-9-8-15-7-6-13-12(3,4)5;/h13H,1,6-9H2,2-5H3;1H. The van der Waals surface area contributed by atoms with Gasteiger partial charge in [0.05, 0.1) is 13.2 Å². The van der Waals surface area contributed by atoms with Crippen LogP contribution in [0, 0.1) is 0 Å². The van der Waals surface area contributed by atoms with Crippen LogP contribution in [0.15, 0.2) is 12.2 Å². The number of nitrogens with one attached hydrogen (secondary N) is 1. The van der Waals surface area contributed by atoms with Crippen LogP contribution in [-0.2, 0) is 14.3 Å². The number of hydrogen-bond acceptors (Lipinski definition) is 4. The molecule has 0 saturated carbocycles. The molecular weight excluding hydrogens is 286 g/mol. The van der Waals surface area contributed by atoms with Crippen LogP contribution in [0.25, 0.3) is 0 Å². The van der Waals surface area contributed by atoms with Crippen molar-refractivity contribution in [3.05, 3.63) is 12.2 Å². The van der Waals surface area contributed by atoms with Crippen LogP contribution in [0.1, 0.15) is 27.7 Å². The van der Waals surface area contributed by atoms with Gasteiger partial charge in [0, 0.05) is 17.7 Å². The first kappa shape index (κ1) is 19.0. The lowest BCUT2D eigenvalue weighted by molar-refractivity contribution is -0.140. The van der Waals surface area contributed by atoms with Gasteiger partial charge in [-0.3, -0.25) is 0 Å². The number of halogens is 1. The largest absolute Gasteiger partial charge is 0.460 e. The molecule has 17 heavy (non-hydrogen) atoms. The normalized spacial score (nSPS) is 10.6. The van der Waals surface area contributed by atoms with E-state index >= 15 is 0 Å². The summed E-state index contributed by atoms with van der Waals surface area (Å²) < 4.78 is 10.2. The van der Waals surface area contributed by atoms with E-state index in [0.717, 1.165) is 6.54 Å². The molecule has 102 valence electrons. The lowest BCUT2D eigenvalue weighted by atomic mass is 10.1. The summed E-state index contributed by atoms with van der Waals surface area (Å²) in [7, 11) is 0. The summed E-state index contributed by atoms with van der Waals surface area (Å²) in [6.07, 6.45) is 0. The minimum absolute atomic E-state index is 0. The van der Waals surface area contributed by atoms with E-state index in [1.807, 2.05) is 0 Å². The predicted octanol–water partition coefficient (Wildman–Crippen LogP) is 2.09. The zero-order chi connectivity index (χ0) is 12.6. The van der Waals surface area contributed by atoms with E-state index < -0.39 is 0 Å². The van der Waals surface area contributed by atoms with Gasteiger partial charge in [-0.15, -0.1) is 17.0 Å². The van der Waals surface area contributed by atoms with Gasteiger partial charge in [0.1, 0.15) is 6.61 Å². The van der Waals surface area contributed by atoms with Crippen LogP contribution in [0.4, 0.5) is 0 Å². The highest BCUT2D eigenvalue weighted by Crippen LogP contribution is 1.96. The van der Waals surface area contributed by atoms with Gasteiger partial charge in [0.15, 0.2) is 0 Å². The molecule has 0 amide bonds. The van der Waals surface area contributed by atoms with E-state index in [9.17, 15) is 4.79 Å². The Morgan fingerprint density at radius 2 is 1.82 bits per heavy atom. The SMILES string of the molecule is Br.C=C(C)C(=O)OCCOCCNC(C)(C)C. The third-order valence-corrected chi connectivity index (χ3v) is 1.71. The number of carbonyl (C=O) groups is 1. The van der Waals surface area contributed by atoms with Gasteiger partial charge in [0.25, 0.3) is 0 Å². The fourth-order valence-electron chi connectivity index (χ4n) is 0.917. The number of hydrogen-bond donors (Lipinski definition) is 1. The molecule has 0 unspecified atom stereocenters. The zero-order valence-corrected chi connectivity index (χ0v) is 12.9. The van der Waals surface area contributed by atoms with Crippen molar-refractivity contribution >= 4 is 23.0 Å². The maximum atomic E-state index is 11.0. The number of esters is 1. The quantitative estimate of drug-likeness (QED) is 0.444. The second-order valence-corrected chi connectivity index (χ2v) is 4.71. The first-order chi connectivity index (χ1) is 7.33. The molecule has 5 heteroatoms. The Morgan fingerprint density at radius 1 is 1.24 bits per heavy atom. The van der Waals surface area contributed by atoms with Crippen LogP contribution in [0.2, 0.25) is 0 Å². The second-order valence-electron chi connectivity index (χ2n) is 4.71. The molecule has 0 aromatic carbocycles. The van der Waals surface area contributed by atoms with Crippen molar-refractivity contribution in [1.29, 1.82) is 0 Å². The van der Waals surface area contributed by atoms with Crippen LogP contribution in [0.3, 0.4) is 0 Å². The molecule has 0 heterocycles. The van der Waals surface area contributed by atoms with Gasteiger partial charge in [-0.1, -0.05) is 6.58 Å². The van der Waals surface area contributed by atoms with Gasteiger partial charge in [0.2, 0.25) is 0 Å². The van der Waals surface area contributed by atoms with Crippen molar-refractivity contribution in [2.75, 3.05) is 26.4 Å². The van der Waals surface area contributed by atoms with E-state index in [2.05, 4.69) is 32.7 Å². The molecule has 0 aromatic rings. The molecule has 0 rings (SSSR count). The van der Waals surface area contributed by atoms with E-state index in [1.54, 1.807) is 6.92 Å². The predicted molar refractivity (Wildman–Crippen MR) is 74.7 cm³/mol. The minimum atomic E-state index is -0.364. The Labute approximate surface area is 115 Å². The Bertz CT molecular complexity index is 236. The van der Waals surface area contributed by atoms with Crippen LogP contribution in [-0.4, -0.2) is 37.9 Å². The lowest BCUT2D eigenvalue weighted by Crippen LogP contribution is -2.38. The molecular formula is C12H24BrNO3. The monoisotopic (exact) mass is 309 g/mol. The summed E-state index contributed by atoms with van der Waals surface area (Å²) in [5.41, 5.74) is 0.518. The summed E-state index contributed by atoms with van der Waals surface area (Å²) in [5.74, 6) is -0.364. The first-order valence-corrected chi connectivity index (χ1v) is 5.48. The van der Waals surface area contributed by atoms with E-state index in [4.69, 9.17) is 9.47 Å². The van der Waals surface area contributed by atoms with E-state index in [1.165, 1.54) is 0 Å². The first-order valence-electron chi connectivity index (χ1n) is 5.48. The maximum Gasteiger partial charge on any atom is 0.333 e. The number of carbonyl (C=O) groups excluding carboxylic acids is 1. The molecule has 0 saturated heterocycles. The van der Waals surface area contributed by atoms with Gasteiger partial charge in [-0.05, 0) is 27.7 Å². The highest BCUT2D eigenvalue weighted by Gasteiger charge is 2.07. The molecule has 0 aliphatic rings. The average Bonchev–Trinajstić information content (AvgIpc) is 2.14. The smallest absolute Gasteiger partial charge is 0.333 e. The van der Waals surface area contributed by atoms with E-state index in [0.29, 0.717) is 18.8 Å². The van der Waals surface area contributed by atoms with Crippen LogP contribution < -0.4 is 5.32 Å². The fourth-order valence-corrected chi connectivity index (χ4v) is 0.917. The molecule has 0 spiro atoms. The third-order valence-electron chi connectivity index (χ3n) is 1.71. The highest BCUT2D eigenvalue weighted by molar-refractivity contribution is 8.93. The molecule has 4 nitrogen and oxygen atoms in total. The maximum absolute atomic E-state index is 11.0. The molecule has 0 fully saturated rings. The molecule has 0 radical (unpaired) electrons. The number of rotatable bonds is 7. The van der Waals surface area contributed by atoms with Crippen molar-refractivity contribution in [3.63, 3.8) is 0 Å². The molecule has 0 aliphatic heterocycles. The molecule has 1 N–H and O–H groups in total. The fraction of sp³-hybridized carbons (Fsp3) is 0.750. The summed E-state index contributed by atoms with van der Waals surface area (Å²) in [6, 6.07) is 0. The Kier molecular flexibility index (Phi) is 10.7. The van der Waals surface area contributed by atoms with Gasteiger partial charge >= 0.3 is 5.97 Å². The van der Waals surface area contributed by atoms with Gasteiger partial charge in [-0.25, -0.2) is 4.79 Å². The Hall–Kier alpha value is -0.390. The van der Waals surface area contributed by atoms with E-state index in [-0.39, 0.29) is 35.1 Å². The lowest BCUT2D eigenvalue weighted by Gasteiger charge is -2.20. The minimum Gasteiger partial charge on any atom is -0.460 e. The Balaban J connectivity index is 0. The average molecular weight is 310 g/mol. The van der Waals surface area contributed by atoms with Crippen LogP contribution >= 0.6 is 17.0 Å². The topological polar surface area (TPSA) is 47.6 Å². The summed E-state index contributed by atoms with van der Waals surface area (Å²) in [4.78, 5) is 11.0. The molecule has 0 bridgehead atoms. The van der Waals surface area contributed by atoms with Gasteiger partial charge < -0.3 is 14.8 Å². The zero-order valence-electron chi connectivity index (χ0n) is 11.2. The van der Waals surface area contributed by atoms with Crippen LogP contribution in [0.5, 0.6) is 0 Å². The van der Waals surface area contributed by atoms with Crippen molar-refractivity contribution < 1.29 is 14.3 Å². The summed E-state index contributed by atoms with van der Waals surface area (Å²) >= 11 is 0. The van der Waals surface area contributed by atoms with Crippen molar-refractivity contribution in [2.24, 2.45) is 0 Å². The summed E-state index contributed by atoms with van der Waals surface area (Å²) in [5, 5.41) is 3.29. The highest BCUT2D eigenvalue weighted by atomic mass is 79.9. The molecule has 0 atom stereocenters. The molecule has 0 aromatic heterocycles. The summed E-state index contributed by atoms with van der Waals surface area (Å²) in [6.45, 7) is 13.5. The Morgan fingerprint density at radius 3 is 2.29 bits per heavy atom. The second kappa shape index (κ2) is 9.62. The van der Waals surface area contributed by atoms with Crippen molar-refractivity contribution in [1.82, 2.24) is 5.32 Å². The van der Waals surface area contributed by atoms with Crippen molar-refractivity contribution in [2.45, 2.75) is 33.2 Å². The third kappa shape index (κ3) is 13.5. The van der Waals surface area contributed by atoms with Gasteiger partial charge in [-0.2, -0.15) is 0 Å². The molecule has 0 aliphatic carbocycles.